The minimum Gasteiger partial charge on any atom is -0.480 e. The molecule has 4 N–H and O–H groups in total. The molecule has 162 valence electrons. The number of carboxylic acids is 1. The van der Waals surface area contributed by atoms with E-state index < -0.39 is 35.9 Å². The quantitative estimate of drug-likeness (QED) is 0.475. The molecule has 0 aliphatic carbocycles. The van der Waals surface area contributed by atoms with Crippen molar-refractivity contribution in [1.82, 2.24) is 16.0 Å². The van der Waals surface area contributed by atoms with Gasteiger partial charge in [-0.2, -0.15) is 0 Å². The van der Waals surface area contributed by atoms with Crippen molar-refractivity contribution in [3.8, 4) is 0 Å². The summed E-state index contributed by atoms with van der Waals surface area (Å²) in [6.07, 6.45) is 0.922. The van der Waals surface area contributed by atoms with Crippen LogP contribution >= 0.6 is 0 Å². The third-order valence-electron chi connectivity index (χ3n) is 5.12. The molecular formula is C23H25N3O5. The highest BCUT2D eigenvalue weighted by Gasteiger charge is 2.32. The molecule has 1 aliphatic rings. The van der Waals surface area contributed by atoms with Gasteiger partial charge in [-0.15, -0.1) is 0 Å². The fourth-order valence-corrected chi connectivity index (χ4v) is 3.46. The van der Waals surface area contributed by atoms with Crippen LogP contribution in [0.2, 0.25) is 0 Å². The van der Waals surface area contributed by atoms with E-state index in [0.29, 0.717) is 6.42 Å². The largest absolute Gasteiger partial charge is 0.480 e. The normalized spacial score (nSPS) is 17.3. The highest BCUT2D eigenvalue weighted by Crippen LogP contribution is 2.10. The Kier molecular flexibility index (Phi) is 7.37. The van der Waals surface area contributed by atoms with E-state index in [1.165, 1.54) is 0 Å². The second kappa shape index (κ2) is 10.4. The van der Waals surface area contributed by atoms with Crippen LogP contribution in [0.3, 0.4) is 0 Å². The molecule has 0 spiro atoms. The summed E-state index contributed by atoms with van der Waals surface area (Å²) >= 11 is 0. The van der Waals surface area contributed by atoms with Crippen LogP contribution in [0.25, 0.3) is 0 Å². The van der Waals surface area contributed by atoms with Gasteiger partial charge in [0, 0.05) is 19.3 Å². The Bertz CT molecular complexity index is 933. The Morgan fingerprint density at radius 2 is 1.45 bits per heavy atom. The molecule has 2 aromatic carbocycles. The Morgan fingerprint density at radius 1 is 0.903 bits per heavy atom. The summed E-state index contributed by atoms with van der Waals surface area (Å²) in [6.45, 7) is 0. The van der Waals surface area contributed by atoms with Crippen LogP contribution in [0.5, 0.6) is 0 Å². The number of amides is 3. The zero-order valence-corrected chi connectivity index (χ0v) is 16.9. The van der Waals surface area contributed by atoms with Crippen LogP contribution < -0.4 is 16.0 Å². The van der Waals surface area contributed by atoms with Crippen molar-refractivity contribution in [3.63, 3.8) is 0 Å². The molecule has 3 amide bonds. The van der Waals surface area contributed by atoms with E-state index in [1.54, 1.807) is 24.3 Å². The maximum atomic E-state index is 13.0. The zero-order valence-electron chi connectivity index (χ0n) is 16.9. The van der Waals surface area contributed by atoms with Gasteiger partial charge in [0.05, 0.1) is 0 Å². The van der Waals surface area contributed by atoms with E-state index in [2.05, 4.69) is 16.0 Å². The van der Waals surface area contributed by atoms with Crippen molar-refractivity contribution in [1.29, 1.82) is 0 Å². The molecule has 0 radical (unpaired) electrons. The molecule has 1 heterocycles. The number of carboxylic acid groups (broad SMARTS) is 1. The van der Waals surface area contributed by atoms with Crippen LogP contribution in [0.15, 0.2) is 60.7 Å². The van der Waals surface area contributed by atoms with Crippen molar-refractivity contribution in [2.45, 2.75) is 43.8 Å². The Hall–Kier alpha value is -3.68. The standard InChI is InChI=1S/C23H25N3O5/c27-20-12-11-17(24-20)21(28)25-18(13-15-7-3-1-4-8-15)22(29)26-19(23(30)31)14-16-9-5-2-6-10-16/h1-10,17-19H,11-14H2,(H,24,27)(H,25,28)(H,26,29)(H,30,31). The van der Waals surface area contributed by atoms with E-state index >= 15 is 0 Å². The van der Waals surface area contributed by atoms with Gasteiger partial charge in [0.25, 0.3) is 0 Å². The molecule has 0 saturated carbocycles. The Labute approximate surface area is 180 Å². The molecule has 3 rings (SSSR count). The second-order valence-corrected chi connectivity index (χ2v) is 7.50. The molecule has 1 aliphatic heterocycles. The molecule has 3 atom stereocenters. The Balaban J connectivity index is 1.72. The number of carbonyl (C=O) groups is 4. The summed E-state index contributed by atoms with van der Waals surface area (Å²) in [5, 5.41) is 17.4. The van der Waals surface area contributed by atoms with Crippen molar-refractivity contribution >= 4 is 23.7 Å². The van der Waals surface area contributed by atoms with Gasteiger partial charge in [0.1, 0.15) is 18.1 Å². The maximum Gasteiger partial charge on any atom is 0.326 e. The summed E-state index contributed by atoms with van der Waals surface area (Å²) in [7, 11) is 0. The van der Waals surface area contributed by atoms with Gasteiger partial charge in [0.2, 0.25) is 17.7 Å². The van der Waals surface area contributed by atoms with Gasteiger partial charge in [0.15, 0.2) is 0 Å². The third-order valence-corrected chi connectivity index (χ3v) is 5.12. The Morgan fingerprint density at radius 3 is 1.94 bits per heavy atom. The van der Waals surface area contributed by atoms with Gasteiger partial charge in [-0.1, -0.05) is 60.7 Å². The third kappa shape index (κ3) is 6.40. The monoisotopic (exact) mass is 423 g/mol. The minimum absolute atomic E-state index is 0.118. The lowest BCUT2D eigenvalue weighted by Crippen LogP contribution is -2.55. The van der Waals surface area contributed by atoms with Crippen LogP contribution in [0.1, 0.15) is 24.0 Å². The minimum atomic E-state index is -1.16. The lowest BCUT2D eigenvalue weighted by molar-refractivity contribution is -0.142. The fourth-order valence-electron chi connectivity index (χ4n) is 3.46. The SMILES string of the molecule is O=C1CCC(C(=O)NC(Cc2ccccc2)C(=O)NC(Cc2ccccc2)C(=O)O)N1. The first-order valence-electron chi connectivity index (χ1n) is 10.1. The smallest absolute Gasteiger partial charge is 0.326 e. The summed E-state index contributed by atoms with van der Waals surface area (Å²) in [6, 6.07) is 15.3. The first-order valence-corrected chi connectivity index (χ1v) is 10.1. The van der Waals surface area contributed by atoms with Gasteiger partial charge in [-0.3, -0.25) is 14.4 Å². The molecule has 3 unspecified atom stereocenters. The number of rotatable bonds is 9. The molecule has 0 aromatic heterocycles. The second-order valence-electron chi connectivity index (χ2n) is 7.50. The predicted octanol–water partition coefficient (Wildman–Crippen LogP) is 0.805. The molecular weight excluding hydrogens is 398 g/mol. The number of aliphatic carboxylic acids is 1. The highest BCUT2D eigenvalue weighted by atomic mass is 16.4. The molecule has 1 saturated heterocycles. The van der Waals surface area contributed by atoms with Crippen molar-refractivity contribution in [3.05, 3.63) is 71.8 Å². The molecule has 8 nitrogen and oxygen atoms in total. The topological polar surface area (TPSA) is 125 Å². The van der Waals surface area contributed by atoms with Crippen molar-refractivity contribution < 1.29 is 24.3 Å². The van der Waals surface area contributed by atoms with Gasteiger partial charge in [-0.05, 0) is 17.5 Å². The van der Waals surface area contributed by atoms with Gasteiger partial charge in [-0.25, -0.2) is 4.79 Å². The van der Waals surface area contributed by atoms with E-state index in [9.17, 15) is 24.3 Å². The van der Waals surface area contributed by atoms with E-state index in [-0.39, 0.29) is 25.2 Å². The van der Waals surface area contributed by atoms with Crippen LogP contribution in [0, 0.1) is 0 Å². The number of hydrogen-bond donors (Lipinski definition) is 4. The van der Waals surface area contributed by atoms with Crippen molar-refractivity contribution in [2.75, 3.05) is 0 Å². The first-order chi connectivity index (χ1) is 14.9. The molecule has 31 heavy (non-hydrogen) atoms. The van der Waals surface area contributed by atoms with E-state index in [4.69, 9.17) is 0 Å². The average Bonchev–Trinajstić information content (AvgIpc) is 3.20. The number of hydrogen-bond acceptors (Lipinski definition) is 4. The predicted molar refractivity (Wildman–Crippen MR) is 113 cm³/mol. The van der Waals surface area contributed by atoms with Gasteiger partial charge < -0.3 is 21.1 Å². The summed E-state index contributed by atoms with van der Waals surface area (Å²) in [4.78, 5) is 48.7. The average molecular weight is 423 g/mol. The van der Waals surface area contributed by atoms with Crippen LogP contribution in [-0.2, 0) is 32.0 Å². The van der Waals surface area contributed by atoms with Crippen LogP contribution in [-0.4, -0.2) is 46.9 Å². The summed E-state index contributed by atoms with van der Waals surface area (Å²) in [5.74, 6) is -2.43. The lowest BCUT2D eigenvalue weighted by Gasteiger charge is -2.23. The van der Waals surface area contributed by atoms with E-state index in [0.717, 1.165) is 11.1 Å². The number of nitrogens with one attached hydrogen (secondary N) is 3. The molecule has 1 fully saturated rings. The zero-order chi connectivity index (χ0) is 22.2. The van der Waals surface area contributed by atoms with Crippen molar-refractivity contribution in [2.24, 2.45) is 0 Å². The number of benzene rings is 2. The lowest BCUT2D eigenvalue weighted by atomic mass is 10.0. The molecule has 2 aromatic rings. The number of carbonyl (C=O) groups excluding carboxylic acids is 3. The molecule has 0 bridgehead atoms. The van der Waals surface area contributed by atoms with Crippen LogP contribution in [0.4, 0.5) is 0 Å². The summed E-state index contributed by atoms with van der Waals surface area (Å²) < 4.78 is 0. The first kappa shape index (κ1) is 22.0. The van der Waals surface area contributed by atoms with E-state index in [1.807, 2.05) is 36.4 Å². The summed E-state index contributed by atoms with van der Waals surface area (Å²) in [5.41, 5.74) is 1.58. The fraction of sp³-hybridized carbons (Fsp3) is 0.304. The van der Waals surface area contributed by atoms with Gasteiger partial charge >= 0.3 is 5.97 Å². The maximum absolute atomic E-state index is 13.0. The molecule has 8 heteroatoms. The highest BCUT2D eigenvalue weighted by molar-refractivity contribution is 5.95.